The molecule has 0 saturated heterocycles. The van der Waals surface area contributed by atoms with Gasteiger partial charge in [-0.3, -0.25) is 9.59 Å². The van der Waals surface area contributed by atoms with Crippen LogP contribution in [-0.4, -0.2) is 28.1 Å². The molecule has 0 aromatic rings. The number of carboxylic acid groups (broad SMARTS) is 1. The number of hydrogen-bond donors (Lipinski definition) is 2. The summed E-state index contributed by atoms with van der Waals surface area (Å²) >= 11 is 0. The van der Waals surface area contributed by atoms with Crippen LogP contribution in [0.1, 0.15) is 85.0 Å². The van der Waals surface area contributed by atoms with Gasteiger partial charge in [-0.1, -0.05) is 26.3 Å². The van der Waals surface area contributed by atoms with Gasteiger partial charge in [0.2, 0.25) is 0 Å². The molecule has 3 fully saturated rings. The number of carbonyl (C=O) groups excluding carboxylic acids is 1. The third-order valence-electron chi connectivity index (χ3n) is 9.77. The highest BCUT2D eigenvalue weighted by molar-refractivity contribution is 5.92. The molecule has 3 saturated carbocycles. The number of aliphatic hydroxyl groups is 1. The third kappa shape index (κ3) is 3.40. The molecule has 0 heterocycles. The van der Waals surface area contributed by atoms with Gasteiger partial charge in [-0.15, -0.1) is 0 Å². The maximum absolute atomic E-state index is 12.6. The van der Waals surface area contributed by atoms with Crippen LogP contribution >= 0.6 is 0 Å². The molecule has 4 aliphatic carbocycles. The van der Waals surface area contributed by atoms with Gasteiger partial charge < -0.3 is 10.2 Å². The lowest BCUT2D eigenvalue weighted by Crippen LogP contribution is -2.54. The Kier molecular flexibility index (Phi) is 5.46. The average Bonchev–Trinajstić information content (AvgIpc) is 2.96. The summed E-state index contributed by atoms with van der Waals surface area (Å²) in [6.07, 6.45) is 10.8. The van der Waals surface area contributed by atoms with E-state index in [0.717, 1.165) is 44.9 Å². The molecule has 0 spiro atoms. The highest BCUT2D eigenvalue weighted by atomic mass is 16.4. The van der Waals surface area contributed by atoms with Crippen LogP contribution in [-0.2, 0) is 9.59 Å². The number of ketones is 1. The minimum Gasteiger partial charge on any atom is -0.481 e. The van der Waals surface area contributed by atoms with E-state index in [9.17, 15) is 14.7 Å². The minimum absolute atomic E-state index is 0.0587. The van der Waals surface area contributed by atoms with Crippen LogP contribution in [0, 0.1) is 40.4 Å². The zero-order valence-corrected chi connectivity index (χ0v) is 18.3. The van der Waals surface area contributed by atoms with Crippen LogP contribution in [0.15, 0.2) is 11.6 Å². The molecule has 4 nitrogen and oxygen atoms in total. The van der Waals surface area contributed by atoms with Gasteiger partial charge in [0.1, 0.15) is 0 Å². The second-order valence-corrected chi connectivity index (χ2v) is 11.1. The fraction of sp³-hybridized carbons (Fsp3) is 0.840. The predicted molar refractivity (Wildman–Crippen MR) is 112 cm³/mol. The van der Waals surface area contributed by atoms with E-state index in [2.05, 4.69) is 20.8 Å². The van der Waals surface area contributed by atoms with Crippen molar-refractivity contribution in [3.05, 3.63) is 11.6 Å². The fourth-order valence-electron chi connectivity index (χ4n) is 8.04. The lowest BCUT2D eigenvalue weighted by Gasteiger charge is -2.60. The first-order chi connectivity index (χ1) is 13.7. The summed E-state index contributed by atoms with van der Waals surface area (Å²) < 4.78 is 0. The van der Waals surface area contributed by atoms with Crippen LogP contribution in [0.3, 0.4) is 0 Å². The number of aliphatic hydroxyl groups excluding tert-OH is 1. The smallest absolute Gasteiger partial charge is 0.303 e. The van der Waals surface area contributed by atoms with Crippen molar-refractivity contribution in [3.63, 3.8) is 0 Å². The van der Waals surface area contributed by atoms with Gasteiger partial charge in [0.25, 0.3) is 0 Å². The zero-order valence-electron chi connectivity index (χ0n) is 18.3. The number of carbonyl (C=O) groups is 2. The normalized spacial score (nSPS) is 45.0. The van der Waals surface area contributed by atoms with E-state index in [1.54, 1.807) is 0 Å². The van der Waals surface area contributed by atoms with Crippen LogP contribution in [0.4, 0.5) is 0 Å². The second-order valence-electron chi connectivity index (χ2n) is 11.1. The molecule has 2 N–H and O–H groups in total. The van der Waals surface area contributed by atoms with Crippen molar-refractivity contribution < 1.29 is 19.8 Å². The summed E-state index contributed by atoms with van der Waals surface area (Å²) in [7, 11) is 0. The van der Waals surface area contributed by atoms with Crippen LogP contribution < -0.4 is 0 Å². The Morgan fingerprint density at radius 3 is 2.69 bits per heavy atom. The Morgan fingerprint density at radius 2 is 1.97 bits per heavy atom. The molecule has 0 aliphatic heterocycles. The molecule has 4 heteroatoms. The van der Waals surface area contributed by atoms with E-state index in [0.29, 0.717) is 42.4 Å². The first-order valence-electron chi connectivity index (χ1n) is 11.8. The summed E-state index contributed by atoms with van der Waals surface area (Å²) in [4.78, 5) is 23.6. The van der Waals surface area contributed by atoms with Crippen molar-refractivity contribution in [2.45, 2.75) is 91.1 Å². The predicted octanol–water partition coefficient (Wildman–Crippen LogP) is 5.00. The molecule has 29 heavy (non-hydrogen) atoms. The van der Waals surface area contributed by atoms with E-state index in [4.69, 9.17) is 5.11 Å². The average molecular weight is 403 g/mol. The first kappa shape index (κ1) is 21.1. The quantitative estimate of drug-likeness (QED) is 0.679. The van der Waals surface area contributed by atoms with Crippen molar-refractivity contribution in [3.8, 4) is 0 Å². The van der Waals surface area contributed by atoms with E-state index in [1.165, 1.54) is 5.57 Å². The van der Waals surface area contributed by atoms with Crippen molar-refractivity contribution >= 4 is 11.8 Å². The number of carboxylic acids is 1. The molecule has 0 bridgehead atoms. The Labute approximate surface area is 175 Å². The lowest BCUT2D eigenvalue weighted by atomic mass is 9.44. The molecular formula is C25H38O4. The van der Waals surface area contributed by atoms with Gasteiger partial charge in [0, 0.05) is 12.8 Å². The van der Waals surface area contributed by atoms with E-state index in [1.807, 2.05) is 6.08 Å². The van der Waals surface area contributed by atoms with Gasteiger partial charge in [0.15, 0.2) is 5.78 Å². The lowest BCUT2D eigenvalue weighted by molar-refractivity contribution is -0.137. The van der Waals surface area contributed by atoms with Crippen LogP contribution in [0.2, 0.25) is 0 Å². The van der Waals surface area contributed by atoms with Crippen molar-refractivity contribution in [2.24, 2.45) is 40.4 Å². The number of rotatable bonds is 5. The minimum atomic E-state index is -0.729. The molecule has 0 amide bonds. The number of fused-ring (bicyclic) bond motifs is 5. The van der Waals surface area contributed by atoms with Crippen LogP contribution in [0.25, 0.3) is 0 Å². The number of aliphatic carboxylic acids is 1. The fourth-order valence-corrected chi connectivity index (χ4v) is 8.04. The molecule has 4 rings (SSSR count). The van der Waals surface area contributed by atoms with Gasteiger partial charge in [-0.2, -0.15) is 0 Å². The van der Waals surface area contributed by atoms with E-state index in [-0.39, 0.29) is 29.1 Å². The molecule has 0 radical (unpaired) electrons. The van der Waals surface area contributed by atoms with E-state index >= 15 is 0 Å². The maximum atomic E-state index is 12.6. The van der Waals surface area contributed by atoms with Gasteiger partial charge in [-0.25, -0.2) is 0 Å². The standard InChI is InChI=1S/C25H38O4/c1-15(4-9-23(28)29)12-17-14-18(26)13-16-5-6-19-20-7-8-22(27)24(20,2)11-10-21(19)25(16,17)3/h13,15,17,19-22,27H,4-12,14H2,1-3H3,(H,28,29)/t15?,17?,19-,20-,21-,22-,24-,25+/m0/s1. The SMILES string of the molecule is CC(CCC(=O)O)CC1CC(=O)C=C2CC[C@H]3[C@@H]4CC[C@H](O)[C@@]4(C)CC[C@@H]3[C@]21C. The largest absolute Gasteiger partial charge is 0.481 e. The monoisotopic (exact) mass is 402 g/mol. The van der Waals surface area contributed by atoms with E-state index < -0.39 is 5.97 Å². The number of hydrogen-bond acceptors (Lipinski definition) is 3. The zero-order chi connectivity index (χ0) is 21.0. The number of allylic oxidation sites excluding steroid dienone is 1. The van der Waals surface area contributed by atoms with Crippen molar-refractivity contribution in [1.29, 1.82) is 0 Å². The second kappa shape index (κ2) is 7.51. The third-order valence-corrected chi connectivity index (χ3v) is 9.77. The Bertz CT molecular complexity index is 712. The van der Waals surface area contributed by atoms with Crippen molar-refractivity contribution in [1.82, 2.24) is 0 Å². The molecule has 162 valence electrons. The Hall–Kier alpha value is -1.16. The highest BCUT2D eigenvalue weighted by Crippen LogP contribution is 2.66. The van der Waals surface area contributed by atoms with Crippen molar-refractivity contribution in [2.75, 3.05) is 0 Å². The van der Waals surface area contributed by atoms with Gasteiger partial charge in [-0.05, 0) is 97.9 Å². The topological polar surface area (TPSA) is 74.6 Å². The molecule has 2 unspecified atom stereocenters. The summed E-state index contributed by atoms with van der Waals surface area (Å²) in [5.74, 6) is 2.03. The van der Waals surface area contributed by atoms with Crippen LogP contribution in [0.5, 0.6) is 0 Å². The maximum Gasteiger partial charge on any atom is 0.303 e. The summed E-state index contributed by atoms with van der Waals surface area (Å²) in [5.41, 5.74) is 1.50. The molecular weight excluding hydrogens is 364 g/mol. The summed E-state index contributed by atoms with van der Waals surface area (Å²) in [6, 6.07) is 0. The summed E-state index contributed by atoms with van der Waals surface area (Å²) in [5, 5.41) is 19.7. The molecule has 0 aromatic heterocycles. The van der Waals surface area contributed by atoms with Gasteiger partial charge >= 0.3 is 5.97 Å². The summed E-state index contributed by atoms with van der Waals surface area (Å²) in [6.45, 7) is 6.89. The molecule has 8 atom stereocenters. The highest BCUT2D eigenvalue weighted by Gasteiger charge is 2.60. The Morgan fingerprint density at radius 1 is 1.21 bits per heavy atom. The van der Waals surface area contributed by atoms with Gasteiger partial charge in [0.05, 0.1) is 6.10 Å². The first-order valence-corrected chi connectivity index (χ1v) is 11.8. The Balaban J connectivity index is 1.60. The molecule has 0 aromatic carbocycles. The molecule has 4 aliphatic rings.